The number of hydrogen-bond donors (Lipinski definition) is 3. The fraction of sp³-hybridized carbons (Fsp3) is 0.474. The molecule has 0 bridgehead atoms. The number of benzene rings is 3. The maximum Gasteiger partial charge on any atom is 0.239 e. The lowest BCUT2D eigenvalue weighted by atomic mass is 9.90. The van der Waals surface area contributed by atoms with E-state index in [4.69, 9.17) is 15.9 Å². The maximum atomic E-state index is 13.7. The van der Waals surface area contributed by atoms with Crippen LogP contribution in [0.5, 0.6) is 5.75 Å². The van der Waals surface area contributed by atoms with Crippen LogP contribution in [0.4, 0.5) is 5.69 Å². The number of sulfonamides is 1. The van der Waals surface area contributed by atoms with Crippen LogP contribution in [0, 0.1) is 23.2 Å². The van der Waals surface area contributed by atoms with Crippen LogP contribution in [0.1, 0.15) is 87.9 Å². The second-order valence-corrected chi connectivity index (χ2v) is 15.2. The molecule has 8 nitrogen and oxygen atoms in total. The summed E-state index contributed by atoms with van der Waals surface area (Å²) in [4.78, 5) is 12.9. The number of Topliss-reactive ketones (excluding diaryl/α,β-unsaturated/α-hetero) is 1. The number of nitrogens with two attached hydrogens (primary N) is 1. The molecule has 4 rings (SSSR count). The van der Waals surface area contributed by atoms with E-state index < -0.39 is 10.0 Å². The van der Waals surface area contributed by atoms with Crippen LogP contribution in [0.25, 0.3) is 0 Å². The van der Waals surface area contributed by atoms with E-state index in [0.717, 1.165) is 61.8 Å². The Morgan fingerprint density at radius 1 is 0.957 bits per heavy atom. The lowest BCUT2D eigenvalue weighted by Gasteiger charge is -2.28. The molecule has 9 heteroatoms. The van der Waals surface area contributed by atoms with Gasteiger partial charge in [-0.3, -0.25) is 14.5 Å². The van der Waals surface area contributed by atoms with Gasteiger partial charge in [0, 0.05) is 24.6 Å². The van der Waals surface area contributed by atoms with E-state index in [-0.39, 0.29) is 29.3 Å². The third kappa shape index (κ3) is 11.2. The Balaban J connectivity index is 1.27. The van der Waals surface area contributed by atoms with Gasteiger partial charge in [-0.15, -0.1) is 0 Å². The van der Waals surface area contributed by atoms with E-state index in [1.54, 1.807) is 31.4 Å². The summed E-state index contributed by atoms with van der Waals surface area (Å²) in [7, 11) is -1.99. The van der Waals surface area contributed by atoms with Crippen molar-refractivity contribution in [3.63, 3.8) is 0 Å². The number of nitrogen functional groups attached to an aromatic ring is 1. The monoisotopic (exact) mass is 660 g/mol. The molecule has 1 fully saturated rings. The SMILES string of the molecule is COc1ccc([C@@H](C)NCC(=O)CC2CCCC(CC[C@H](C)CN(c3ccc(C(=N)N)cc3)S(=O)(=O)Cc3ccccc3)CC2)cc1. The summed E-state index contributed by atoms with van der Waals surface area (Å²) in [5, 5.41) is 11.1. The molecule has 1 aliphatic rings. The molecule has 254 valence electrons. The molecule has 0 radical (unpaired) electrons. The summed E-state index contributed by atoms with van der Waals surface area (Å²) in [6.07, 6.45) is 8.18. The molecular weight excluding hydrogens is 609 g/mol. The summed E-state index contributed by atoms with van der Waals surface area (Å²) < 4.78 is 34.2. The van der Waals surface area contributed by atoms with Gasteiger partial charge in [-0.2, -0.15) is 0 Å². The highest BCUT2D eigenvalue weighted by Crippen LogP contribution is 2.33. The number of methoxy groups -OCH3 is 1. The highest BCUT2D eigenvalue weighted by molar-refractivity contribution is 7.92. The number of carbonyl (C=O) groups is 1. The van der Waals surface area contributed by atoms with Crippen LogP contribution in [0.15, 0.2) is 78.9 Å². The minimum absolute atomic E-state index is 0.0467. The standard InChI is InChI=1S/C38H52N4O4S/c1-28(26-42(35-20-16-34(17-21-35)38(39)40)47(44,45)27-32-8-5-4-6-9-32)12-13-30-10-7-11-31(15-14-30)24-36(43)25-41-29(2)33-18-22-37(46-3)23-19-33/h4-6,8-9,16-23,28-31,41H,7,10-15,24-27H2,1-3H3,(H3,39,40)/t28-,29+,30?,31?/m0/s1. The van der Waals surface area contributed by atoms with Gasteiger partial charge in [0.25, 0.3) is 0 Å². The molecule has 0 amide bonds. The van der Waals surface area contributed by atoms with Crippen molar-refractivity contribution in [1.82, 2.24) is 5.32 Å². The molecule has 1 saturated carbocycles. The van der Waals surface area contributed by atoms with E-state index in [0.29, 0.717) is 42.6 Å². The Bertz CT molecular complexity index is 1530. The zero-order valence-electron chi connectivity index (χ0n) is 28.2. The van der Waals surface area contributed by atoms with E-state index in [2.05, 4.69) is 19.2 Å². The topological polar surface area (TPSA) is 126 Å². The van der Waals surface area contributed by atoms with Gasteiger partial charge >= 0.3 is 0 Å². The molecular formula is C38H52N4O4S. The Morgan fingerprint density at radius 2 is 1.62 bits per heavy atom. The second kappa shape index (κ2) is 17.5. The lowest BCUT2D eigenvalue weighted by Crippen LogP contribution is -2.36. The van der Waals surface area contributed by atoms with Gasteiger partial charge in [-0.05, 0) is 85.0 Å². The predicted molar refractivity (Wildman–Crippen MR) is 191 cm³/mol. The van der Waals surface area contributed by atoms with Crippen LogP contribution in [-0.4, -0.2) is 40.2 Å². The number of ether oxygens (including phenoxy) is 1. The fourth-order valence-electron chi connectivity index (χ4n) is 6.56. The van der Waals surface area contributed by atoms with Crippen LogP contribution in [-0.2, 0) is 20.6 Å². The first-order valence-electron chi connectivity index (χ1n) is 16.9. The maximum absolute atomic E-state index is 13.7. The molecule has 3 aromatic carbocycles. The highest BCUT2D eigenvalue weighted by Gasteiger charge is 2.26. The molecule has 0 aromatic heterocycles. The first-order chi connectivity index (χ1) is 22.5. The van der Waals surface area contributed by atoms with Crippen molar-refractivity contribution in [3.05, 3.63) is 95.6 Å². The van der Waals surface area contributed by atoms with Crippen molar-refractivity contribution in [2.75, 3.05) is 24.5 Å². The Kier molecular flexibility index (Phi) is 13.4. The largest absolute Gasteiger partial charge is 0.497 e. The first kappa shape index (κ1) is 36.2. The number of amidine groups is 1. The van der Waals surface area contributed by atoms with E-state index in [1.165, 1.54) is 4.31 Å². The van der Waals surface area contributed by atoms with Gasteiger partial charge in [-0.1, -0.05) is 81.5 Å². The van der Waals surface area contributed by atoms with Gasteiger partial charge in [-0.25, -0.2) is 8.42 Å². The number of ketones is 1. The number of nitrogens with one attached hydrogen (secondary N) is 2. The van der Waals surface area contributed by atoms with Gasteiger partial charge in [0.2, 0.25) is 10.0 Å². The van der Waals surface area contributed by atoms with Crippen molar-refractivity contribution < 1.29 is 17.9 Å². The zero-order valence-corrected chi connectivity index (χ0v) is 29.0. The van der Waals surface area contributed by atoms with E-state index in [9.17, 15) is 13.2 Å². The quantitative estimate of drug-likeness (QED) is 0.0797. The molecule has 0 heterocycles. The molecule has 0 saturated heterocycles. The molecule has 4 N–H and O–H groups in total. The molecule has 1 aliphatic carbocycles. The van der Waals surface area contributed by atoms with Crippen LogP contribution < -0.4 is 20.1 Å². The third-order valence-electron chi connectivity index (χ3n) is 9.48. The highest BCUT2D eigenvalue weighted by atomic mass is 32.2. The van der Waals surface area contributed by atoms with Gasteiger partial charge in [0.15, 0.2) is 0 Å². The summed E-state index contributed by atoms with van der Waals surface area (Å²) in [6.45, 7) is 4.98. The van der Waals surface area contributed by atoms with Crippen molar-refractivity contribution in [2.45, 2.75) is 77.0 Å². The number of anilines is 1. The van der Waals surface area contributed by atoms with Crippen molar-refractivity contribution in [1.29, 1.82) is 5.41 Å². The Morgan fingerprint density at radius 3 is 2.28 bits per heavy atom. The Hall–Kier alpha value is -3.69. The number of hydrogen-bond acceptors (Lipinski definition) is 6. The smallest absolute Gasteiger partial charge is 0.239 e. The summed E-state index contributed by atoms with van der Waals surface area (Å²) in [6, 6.07) is 24.2. The van der Waals surface area contributed by atoms with E-state index >= 15 is 0 Å². The summed E-state index contributed by atoms with van der Waals surface area (Å²) >= 11 is 0. The molecule has 2 unspecified atom stereocenters. The number of carbonyl (C=O) groups excluding carboxylic acids is 1. The van der Waals surface area contributed by atoms with Crippen molar-refractivity contribution in [3.8, 4) is 5.75 Å². The lowest BCUT2D eigenvalue weighted by molar-refractivity contribution is -0.119. The van der Waals surface area contributed by atoms with Gasteiger partial charge < -0.3 is 15.8 Å². The second-order valence-electron chi connectivity index (χ2n) is 13.3. The first-order valence-corrected chi connectivity index (χ1v) is 18.5. The van der Waals surface area contributed by atoms with Crippen LogP contribution >= 0.6 is 0 Å². The summed E-state index contributed by atoms with van der Waals surface area (Å²) in [5.74, 6) is 2.16. The third-order valence-corrected chi connectivity index (χ3v) is 11.2. The van der Waals surface area contributed by atoms with Crippen molar-refractivity contribution in [2.24, 2.45) is 23.5 Å². The fourth-order valence-corrected chi connectivity index (χ4v) is 8.26. The minimum atomic E-state index is -3.65. The Labute approximate surface area is 281 Å². The average Bonchev–Trinajstić information content (AvgIpc) is 3.30. The molecule has 0 aliphatic heterocycles. The number of rotatable bonds is 17. The van der Waals surface area contributed by atoms with Gasteiger partial charge in [0.05, 0.1) is 25.1 Å². The van der Waals surface area contributed by atoms with Crippen LogP contribution in [0.2, 0.25) is 0 Å². The normalized spacial score (nSPS) is 18.1. The number of nitrogens with zero attached hydrogens (tertiary/aromatic N) is 1. The van der Waals surface area contributed by atoms with Crippen LogP contribution in [0.3, 0.4) is 0 Å². The molecule has 47 heavy (non-hydrogen) atoms. The van der Waals surface area contributed by atoms with Crippen molar-refractivity contribution >= 4 is 27.3 Å². The molecule has 4 atom stereocenters. The molecule has 3 aromatic rings. The molecule has 0 spiro atoms. The average molecular weight is 661 g/mol. The van der Waals surface area contributed by atoms with E-state index in [1.807, 2.05) is 54.6 Å². The minimum Gasteiger partial charge on any atom is -0.497 e. The zero-order chi connectivity index (χ0) is 33.8. The van der Waals surface area contributed by atoms with Gasteiger partial charge in [0.1, 0.15) is 17.4 Å². The summed E-state index contributed by atoms with van der Waals surface area (Å²) in [5.41, 5.74) is 8.68. The predicted octanol–water partition coefficient (Wildman–Crippen LogP) is 7.24.